The van der Waals surface area contributed by atoms with E-state index in [-0.39, 0.29) is 26.4 Å². The molecule has 0 radical (unpaired) electrons. The van der Waals surface area contributed by atoms with Gasteiger partial charge >= 0.3 is 6.55 Å². The third kappa shape index (κ3) is 7.40. The minimum atomic E-state index is -1.98. The fraction of sp³-hybridized carbons (Fsp3) is 0.128. The highest BCUT2D eigenvalue weighted by Crippen LogP contribution is 2.25. The zero-order valence-corrected chi connectivity index (χ0v) is 36.4. The van der Waals surface area contributed by atoms with Crippen molar-refractivity contribution in [2.45, 2.75) is 24.8 Å². The normalized spacial score (nSPS) is 12.1. The molecule has 9 heterocycles. The Kier molecular flexibility index (Phi) is 11.0. The van der Waals surface area contributed by atoms with Crippen molar-refractivity contribution in [3.05, 3.63) is 231 Å². The van der Waals surface area contributed by atoms with Crippen LogP contribution in [0.4, 0.5) is 0 Å². The Morgan fingerprint density at radius 1 is 0.382 bits per heavy atom. The van der Waals surface area contributed by atoms with Gasteiger partial charge in [-0.3, -0.25) is 0 Å². The molecule has 68 heavy (non-hydrogen) atoms. The first-order chi connectivity index (χ1) is 33.7. The highest BCUT2D eigenvalue weighted by Gasteiger charge is 2.41. The van der Waals surface area contributed by atoms with Gasteiger partial charge in [-0.1, -0.05) is 30.0 Å². The van der Waals surface area contributed by atoms with Gasteiger partial charge in [0.05, 0.1) is 13.2 Å². The molecule has 0 aliphatic rings. The molecule has 0 aliphatic carbocycles. The van der Waals surface area contributed by atoms with Crippen LogP contribution >= 0.6 is 0 Å². The Hall–Kier alpha value is -9.13. The minimum Gasteiger partial charge on any atom is -0.396 e. The number of ether oxygens (including phenoxy) is 2. The topological polar surface area (TPSA) is 179 Å². The molecule has 0 atom stereocenters. The van der Waals surface area contributed by atoms with Crippen molar-refractivity contribution < 1.29 is 9.47 Å². The van der Waals surface area contributed by atoms with E-state index in [1.54, 1.807) is 83.9 Å². The molecule has 0 amide bonds. The number of aromatic nitrogens is 18. The predicted molar refractivity (Wildman–Crippen MR) is 247 cm³/mol. The molecule has 0 fully saturated rings. The minimum absolute atomic E-state index is 0.130. The highest BCUT2D eigenvalue weighted by molar-refractivity contribution is 6.87. The standard InChI is InChI=1S/C47H42BN18O2/c1-16-49-58(25-1)46(59-26-2-17-50-59,60-27-3-18-51-60)39-67-37-43-34-42(35-44(36-43)38-68-40-47(61-28-4-19-52-61,62-29-5-20-53-62)63-30-6-21-54-63)11-10-41-12-14-45(15-13-41)48(64-31-7-22-55-64,65-32-8-23-56-65)66-33-9-24-57-66/h1-9,12-36H,37-40H2/q-1. The predicted octanol–water partition coefficient (Wildman–Crippen LogP) is 3.49. The summed E-state index contributed by atoms with van der Waals surface area (Å²) in [7, 11) is 0. The fourth-order valence-corrected chi connectivity index (χ4v) is 8.80. The van der Waals surface area contributed by atoms with Crippen LogP contribution in [0.3, 0.4) is 0 Å². The smallest absolute Gasteiger partial charge is 0.369 e. The summed E-state index contributed by atoms with van der Waals surface area (Å²) in [6, 6.07) is 31.1. The molecule has 21 heteroatoms. The molecule has 11 aromatic rings. The first-order valence-electron chi connectivity index (χ1n) is 21.7. The zero-order valence-electron chi connectivity index (χ0n) is 36.4. The fourth-order valence-electron chi connectivity index (χ4n) is 8.80. The van der Waals surface area contributed by atoms with Crippen LogP contribution in [0.5, 0.6) is 0 Å². The SMILES string of the molecule is C(#Cc1cc(COCC(n2cccn2)(n2cccn2)n2cccn2)cc(COCC(n2cccn2)(n2cccn2)n2cccn2)c1)c1ccc([B-](n2cccn2)(n2cccn2)n2cccn2)cc1. The van der Waals surface area contributed by atoms with Gasteiger partial charge in [-0.05, 0) is 109 Å². The third-order valence-electron chi connectivity index (χ3n) is 11.8. The molecule has 0 saturated heterocycles. The van der Waals surface area contributed by atoms with Crippen LogP contribution in [0.2, 0.25) is 0 Å². The second-order valence-corrected chi connectivity index (χ2v) is 15.8. The summed E-state index contributed by atoms with van der Waals surface area (Å²) in [6.45, 7) is -1.28. The van der Waals surface area contributed by atoms with Crippen LogP contribution in [0.25, 0.3) is 0 Å². The van der Waals surface area contributed by atoms with Gasteiger partial charge < -0.3 is 23.3 Å². The summed E-state index contributed by atoms with van der Waals surface area (Å²) in [5.41, 5.74) is 4.27. The van der Waals surface area contributed by atoms with E-state index in [0.29, 0.717) is 0 Å². The Labute approximate surface area is 388 Å². The second kappa shape index (κ2) is 18.0. The molecular weight excluding hydrogens is 859 g/mol. The van der Waals surface area contributed by atoms with Crippen molar-refractivity contribution in [3.8, 4) is 11.8 Å². The molecule has 0 aliphatic heterocycles. The molecule has 0 spiro atoms. The molecular formula is C47H42BN18O2-. The maximum atomic E-state index is 6.65. The van der Waals surface area contributed by atoms with Gasteiger partial charge in [0.1, 0.15) is 13.2 Å². The van der Waals surface area contributed by atoms with E-state index in [4.69, 9.17) is 9.47 Å². The van der Waals surface area contributed by atoms with Crippen molar-refractivity contribution in [1.29, 1.82) is 0 Å². The monoisotopic (exact) mass is 901 g/mol. The van der Waals surface area contributed by atoms with Crippen LogP contribution in [0.1, 0.15) is 22.3 Å². The molecule has 0 N–H and O–H groups in total. The summed E-state index contributed by atoms with van der Waals surface area (Å²) in [5.74, 6) is 4.69. The lowest BCUT2D eigenvalue weighted by atomic mass is 9.53. The van der Waals surface area contributed by atoms with E-state index in [1.807, 2.05) is 148 Å². The van der Waals surface area contributed by atoms with E-state index in [2.05, 4.69) is 75.9 Å². The Bertz CT molecular complexity index is 2890. The molecule has 0 unspecified atom stereocenters. The highest BCUT2D eigenvalue weighted by atomic mass is 16.5. The van der Waals surface area contributed by atoms with E-state index < -0.39 is 18.1 Å². The van der Waals surface area contributed by atoms with Gasteiger partial charge in [0.25, 0.3) is 11.6 Å². The van der Waals surface area contributed by atoms with Crippen LogP contribution < -0.4 is 5.46 Å². The largest absolute Gasteiger partial charge is 0.396 e. The van der Waals surface area contributed by atoms with Crippen LogP contribution in [-0.4, -0.2) is 108 Å². The van der Waals surface area contributed by atoms with Gasteiger partial charge in [0.15, 0.2) is 0 Å². The van der Waals surface area contributed by atoms with Gasteiger partial charge in [-0.25, -0.2) is 43.4 Å². The third-order valence-corrected chi connectivity index (χ3v) is 11.8. The van der Waals surface area contributed by atoms with Crippen molar-refractivity contribution in [2.75, 3.05) is 13.2 Å². The molecule has 2 aromatic carbocycles. The lowest BCUT2D eigenvalue weighted by molar-refractivity contribution is -0.0189. The molecule has 0 saturated carbocycles. The number of nitrogens with zero attached hydrogens (tertiary/aromatic N) is 18. The number of benzene rings is 2. The molecule has 11 rings (SSSR count). The maximum Gasteiger partial charge on any atom is 0.369 e. The van der Waals surface area contributed by atoms with Gasteiger partial charge in [-0.2, -0.15) is 30.6 Å². The average molecular weight is 902 g/mol. The van der Waals surface area contributed by atoms with Crippen LogP contribution in [0, 0.1) is 11.8 Å². The zero-order chi connectivity index (χ0) is 45.6. The summed E-state index contributed by atoms with van der Waals surface area (Å²) < 4.78 is 29.7. The summed E-state index contributed by atoms with van der Waals surface area (Å²) in [5, 5.41) is 41.8. The van der Waals surface area contributed by atoms with Gasteiger partial charge in [0.2, 0.25) is 0 Å². The maximum absolute atomic E-state index is 6.65. The molecule has 20 nitrogen and oxygen atoms in total. The van der Waals surface area contributed by atoms with E-state index in [0.717, 1.165) is 27.7 Å². The van der Waals surface area contributed by atoms with Crippen molar-refractivity contribution >= 4 is 12.0 Å². The number of hydrogen-bond acceptors (Lipinski definition) is 11. The lowest BCUT2D eigenvalue weighted by Gasteiger charge is -2.42. The van der Waals surface area contributed by atoms with Crippen molar-refractivity contribution in [3.63, 3.8) is 0 Å². The van der Waals surface area contributed by atoms with Crippen LogP contribution in [-0.2, 0) is 34.3 Å². The second-order valence-electron chi connectivity index (χ2n) is 15.8. The first-order valence-corrected chi connectivity index (χ1v) is 21.7. The summed E-state index contributed by atoms with van der Waals surface area (Å²) >= 11 is 0. The Balaban J connectivity index is 0.924. The van der Waals surface area contributed by atoms with E-state index >= 15 is 0 Å². The first kappa shape index (κ1) is 41.6. The average Bonchev–Trinajstić information content (AvgIpc) is 4.23. The van der Waals surface area contributed by atoms with Gasteiger partial charge in [-0.15, -0.1) is 5.46 Å². The summed E-state index contributed by atoms with van der Waals surface area (Å²) in [6.07, 6.45) is 32.6. The van der Waals surface area contributed by atoms with Crippen molar-refractivity contribution in [1.82, 2.24) is 87.8 Å². The number of hydrogen-bond donors (Lipinski definition) is 0. The van der Waals surface area contributed by atoms with Crippen LogP contribution in [0.15, 0.2) is 209 Å². The molecule has 0 bridgehead atoms. The Morgan fingerprint density at radius 3 is 1.01 bits per heavy atom. The van der Waals surface area contributed by atoms with E-state index in [1.165, 1.54) is 0 Å². The quantitative estimate of drug-likeness (QED) is 0.0910. The molecule has 336 valence electrons. The number of rotatable bonds is 18. The van der Waals surface area contributed by atoms with Gasteiger partial charge in [0, 0.05) is 104 Å². The lowest BCUT2D eigenvalue weighted by Crippen LogP contribution is -2.67. The van der Waals surface area contributed by atoms with E-state index in [9.17, 15) is 0 Å². The summed E-state index contributed by atoms with van der Waals surface area (Å²) in [4.78, 5) is 0. The Morgan fingerprint density at radius 2 is 0.706 bits per heavy atom. The van der Waals surface area contributed by atoms with Crippen molar-refractivity contribution in [2.24, 2.45) is 0 Å². The molecule has 9 aromatic heterocycles.